The number of carbonyl (C=O) groups excluding carboxylic acids is 1. The van der Waals surface area contributed by atoms with Gasteiger partial charge in [0.2, 0.25) is 5.91 Å². The van der Waals surface area contributed by atoms with Gasteiger partial charge in [-0.15, -0.1) is 0 Å². The lowest BCUT2D eigenvalue weighted by molar-refractivity contribution is -0.118. The van der Waals surface area contributed by atoms with E-state index in [1.165, 1.54) is 5.56 Å². The number of para-hydroxylation sites is 1. The second-order valence-corrected chi connectivity index (χ2v) is 4.20. The molecule has 2 rings (SSSR count). The Kier molecular flexibility index (Phi) is 2.76. The van der Waals surface area contributed by atoms with Gasteiger partial charge in [-0.2, -0.15) is 0 Å². The maximum atomic E-state index is 11.9. The first-order valence-electron chi connectivity index (χ1n) is 5.64. The minimum Gasteiger partial charge on any atom is -0.309 e. The summed E-state index contributed by atoms with van der Waals surface area (Å²) in [5.74, 6) is 0.259. The average molecular weight is 203 g/mol. The third-order valence-corrected chi connectivity index (χ3v) is 2.94. The highest BCUT2D eigenvalue weighted by atomic mass is 16.2. The van der Waals surface area contributed by atoms with E-state index < -0.39 is 0 Å². The summed E-state index contributed by atoms with van der Waals surface area (Å²) in [4.78, 5) is 13.9. The SMILES string of the molecule is CCCC(=O)N1c2ccccc2CC1C. The summed E-state index contributed by atoms with van der Waals surface area (Å²) in [6.45, 7) is 4.16. The van der Waals surface area contributed by atoms with E-state index in [1.807, 2.05) is 30.0 Å². The predicted octanol–water partition coefficient (Wildman–Crippen LogP) is 2.76. The zero-order valence-corrected chi connectivity index (χ0v) is 9.36. The molecule has 0 N–H and O–H groups in total. The van der Waals surface area contributed by atoms with Gasteiger partial charge in [0.1, 0.15) is 0 Å². The summed E-state index contributed by atoms with van der Waals surface area (Å²) in [6.07, 6.45) is 2.56. The zero-order chi connectivity index (χ0) is 10.8. The maximum Gasteiger partial charge on any atom is 0.227 e. The highest BCUT2D eigenvalue weighted by Crippen LogP contribution is 2.32. The van der Waals surface area contributed by atoms with E-state index in [9.17, 15) is 4.79 Å². The second-order valence-electron chi connectivity index (χ2n) is 4.20. The van der Waals surface area contributed by atoms with Gasteiger partial charge in [0.25, 0.3) is 0 Å². The van der Waals surface area contributed by atoms with Crippen molar-refractivity contribution >= 4 is 11.6 Å². The molecule has 15 heavy (non-hydrogen) atoms. The molecule has 2 heteroatoms. The van der Waals surface area contributed by atoms with Crippen LogP contribution in [0.5, 0.6) is 0 Å². The third-order valence-electron chi connectivity index (χ3n) is 2.94. The van der Waals surface area contributed by atoms with Crippen molar-refractivity contribution in [3.05, 3.63) is 29.8 Å². The number of hydrogen-bond acceptors (Lipinski definition) is 1. The van der Waals surface area contributed by atoms with Gasteiger partial charge >= 0.3 is 0 Å². The van der Waals surface area contributed by atoms with Crippen LogP contribution in [0.3, 0.4) is 0 Å². The Hall–Kier alpha value is -1.31. The first kappa shape index (κ1) is 10.2. The number of benzene rings is 1. The highest BCUT2D eigenvalue weighted by Gasteiger charge is 2.29. The first-order chi connectivity index (χ1) is 7.24. The Labute approximate surface area is 90.9 Å². The normalized spacial score (nSPS) is 19.1. The monoisotopic (exact) mass is 203 g/mol. The fourth-order valence-electron chi connectivity index (χ4n) is 2.28. The van der Waals surface area contributed by atoms with Crippen molar-refractivity contribution < 1.29 is 4.79 Å². The van der Waals surface area contributed by atoms with Crippen LogP contribution in [0.1, 0.15) is 32.3 Å². The minimum atomic E-state index is 0.259. The van der Waals surface area contributed by atoms with Crippen molar-refractivity contribution in [2.24, 2.45) is 0 Å². The molecule has 2 nitrogen and oxygen atoms in total. The molecule has 0 saturated carbocycles. The van der Waals surface area contributed by atoms with Crippen molar-refractivity contribution in [1.29, 1.82) is 0 Å². The Morgan fingerprint density at radius 3 is 2.93 bits per heavy atom. The van der Waals surface area contributed by atoms with Crippen LogP contribution in [-0.2, 0) is 11.2 Å². The van der Waals surface area contributed by atoms with E-state index in [0.29, 0.717) is 12.5 Å². The number of hydrogen-bond donors (Lipinski definition) is 0. The molecule has 1 aromatic carbocycles. The van der Waals surface area contributed by atoms with Crippen LogP contribution in [0.2, 0.25) is 0 Å². The summed E-state index contributed by atoms with van der Waals surface area (Å²) in [5.41, 5.74) is 2.41. The lowest BCUT2D eigenvalue weighted by Gasteiger charge is -2.22. The lowest BCUT2D eigenvalue weighted by atomic mass is 10.1. The van der Waals surface area contributed by atoms with E-state index in [-0.39, 0.29) is 5.91 Å². The highest BCUT2D eigenvalue weighted by molar-refractivity contribution is 5.96. The molecular weight excluding hydrogens is 186 g/mol. The second kappa shape index (κ2) is 4.05. The molecule has 80 valence electrons. The molecule has 0 radical (unpaired) electrons. The number of nitrogens with zero attached hydrogens (tertiary/aromatic N) is 1. The zero-order valence-electron chi connectivity index (χ0n) is 9.36. The Morgan fingerprint density at radius 1 is 1.47 bits per heavy atom. The Bertz CT molecular complexity index is 373. The van der Waals surface area contributed by atoms with Crippen LogP contribution in [0, 0.1) is 0 Å². The van der Waals surface area contributed by atoms with E-state index >= 15 is 0 Å². The van der Waals surface area contributed by atoms with Crippen molar-refractivity contribution in [3.63, 3.8) is 0 Å². The van der Waals surface area contributed by atoms with Crippen molar-refractivity contribution in [3.8, 4) is 0 Å². The summed E-state index contributed by atoms with van der Waals surface area (Å²) in [6, 6.07) is 8.53. The van der Waals surface area contributed by atoms with Crippen LogP contribution < -0.4 is 4.90 Å². The number of carbonyl (C=O) groups is 1. The molecule has 0 spiro atoms. The Balaban J connectivity index is 2.29. The predicted molar refractivity (Wildman–Crippen MR) is 62.0 cm³/mol. The van der Waals surface area contributed by atoms with Crippen LogP contribution in [-0.4, -0.2) is 11.9 Å². The van der Waals surface area contributed by atoms with Gasteiger partial charge < -0.3 is 4.90 Å². The van der Waals surface area contributed by atoms with Gasteiger partial charge in [-0.3, -0.25) is 4.79 Å². The topological polar surface area (TPSA) is 20.3 Å². The Morgan fingerprint density at radius 2 is 2.20 bits per heavy atom. The van der Waals surface area contributed by atoms with Gasteiger partial charge in [-0.05, 0) is 31.4 Å². The molecular formula is C13H17NO. The molecule has 1 heterocycles. The smallest absolute Gasteiger partial charge is 0.227 e. The van der Waals surface area contributed by atoms with Crippen LogP contribution in [0.4, 0.5) is 5.69 Å². The van der Waals surface area contributed by atoms with Crippen molar-refractivity contribution in [2.45, 2.75) is 39.2 Å². The van der Waals surface area contributed by atoms with Crippen molar-refractivity contribution in [1.82, 2.24) is 0 Å². The molecule has 1 aliphatic heterocycles. The standard InChI is InChI=1S/C13H17NO/c1-3-6-13(15)14-10(2)9-11-7-4-5-8-12(11)14/h4-5,7-8,10H,3,6,9H2,1-2H3. The number of rotatable bonds is 2. The third kappa shape index (κ3) is 1.76. The van der Waals surface area contributed by atoms with Gasteiger partial charge in [-0.25, -0.2) is 0 Å². The summed E-state index contributed by atoms with van der Waals surface area (Å²) >= 11 is 0. The average Bonchev–Trinajstić information content (AvgIpc) is 2.54. The molecule has 0 aliphatic carbocycles. The molecule has 1 unspecified atom stereocenters. The quantitative estimate of drug-likeness (QED) is 0.723. The molecule has 1 aromatic rings. The molecule has 1 aliphatic rings. The van der Waals surface area contributed by atoms with E-state index in [2.05, 4.69) is 13.0 Å². The molecule has 0 fully saturated rings. The van der Waals surface area contributed by atoms with Crippen LogP contribution in [0.25, 0.3) is 0 Å². The van der Waals surface area contributed by atoms with Gasteiger partial charge in [0.05, 0.1) is 0 Å². The lowest BCUT2D eigenvalue weighted by Crippen LogP contribution is -2.35. The molecule has 0 saturated heterocycles. The molecule has 1 amide bonds. The largest absolute Gasteiger partial charge is 0.309 e. The van der Waals surface area contributed by atoms with Gasteiger partial charge in [0, 0.05) is 18.2 Å². The van der Waals surface area contributed by atoms with Gasteiger partial charge in [-0.1, -0.05) is 25.1 Å². The van der Waals surface area contributed by atoms with Crippen LogP contribution in [0.15, 0.2) is 24.3 Å². The molecule has 0 bridgehead atoms. The first-order valence-corrected chi connectivity index (χ1v) is 5.64. The molecule has 0 aromatic heterocycles. The fourth-order valence-corrected chi connectivity index (χ4v) is 2.28. The summed E-state index contributed by atoms with van der Waals surface area (Å²) in [7, 11) is 0. The number of anilines is 1. The fraction of sp³-hybridized carbons (Fsp3) is 0.462. The van der Waals surface area contributed by atoms with Gasteiger partial charge in [0.15, 0.2) is 0 Å². The van der Waals surface area contributed by atoms with Crippen LogP contribution >= 0.6 is 0 Å². The van der Waals surface area contributed by atoms with Crippen molar-refractivity contribution in [2.75, 3.05) is 4.90 Å². The summed E-state index contributed by atoms with van der Waals surface area (Å²) in [5, 5.41) is 0. The molecule has 1 atom stereocenters. The maximum absolute atomic E-state index is 11.9. The van der Waals surface area contributed by atoms with E-state index in [4.69, 9.17) is 0 Å². The number of amides is 1. The summed E-state index contributed by atoms with van der Waals surface area (Å²) < 4.78 is 0. The number of fused-ring (bicyclic) bond motifs is 1. The minimum absolute atomic E-state index is 0.259. The van der Waals surface area contributed by atoms with E-state index in [0.717, 1.165) is 18.5 Å². The van der Waals surface area contributed by atoms with E-state index in [1.54, 1.807) is 0 Å².